The van der Waals surface area contributed by atoms with Crippen LogP contribution >= 0.6 is 0 Å². The van der Waals surface area contributed by atoms with Gasteiger partial charge in [-0.05, 0) is 78.1 Å². The Bertz CT molecular complexity index is 3310. The van der Waals surface area contributed by atoms with Gasteiger partial charge < -0.3 is 4.42 Å². The van der Waals surface area contributed by atoms with Gasteiger partial charge in [0.2, 0.25) is 0 Å². The van der Waals surface area contributed by atoms with Crippen molar-refractivity contribution in [2.45, 2.75) is 0 Å². The second-order valence-corrected chi connectivity index (χ2v) is 9.60. The largest absolute Gasteiger partial charge is 0.455 e. The molecule has 8 aromatic carbocycles. The Labute approximate surface area is 259 Å². The summed E-state index contributed by atoms with van der Waals surface area (Å²) >= 11 is 0. The molecule has 0 N–H and O–H groups in total. The molecule has 0 saturated heterocycles. The quantitative estimate of drug-likeness (QED) is 0.200. The molecule has 0 atom stereocenters. The van der Waals surface area contributed by atoms with Gasteiger partial charge in [0.1, 0.15) is 11.2 Å². The number of hydrogen-bond acceptors (Lipinski definition) is 1. The van der Waals surface area contributed by atoms with E-state index < -0.39 is 96.7 Å². The highest BCUT2D eigenvalue weighted by molar-refractivity contribution is 6.27. The summed E-state index contributed by atoms with van der Waals surface area (Å²) in [6, 6.07) is 5.27. The highest BCUT2D eigenvalue weighted by atomic mass is 16.3. The van der Waals surface area contributed by atoms with Crippen LogP contribution in [0.1, 0.15) is 21.9 Å². The van der Waals surface area contributed by atoms with Crippen molar-refractivity contribution in [3.05, 3.63) is 145 Å². The van der Waals surface area contributed by atoms with E-state index >= 15 is 0 Å². The van der Waals surface area contributed by atoms with E-state index in [0.29, 0.717) is 32.7 Å². The van der Waals surface area contributed by atoms with E-state index in [1.165, 1.54) is 0 Å². The summed E-state index contributed by atoms with van der Waals surface area (Å²) in [5, 5.41) is 0.620. The van der Waals surface area contributed by atoms with Crippen molar-refractivity contribution in [1.82, 2.24) is 0 Å². The van der Waals surface area contributed by atoms with E-state index in [1.807, 2.05) is 0 Å². The predicted octanol–water partition coefficient (Wildman–Crippen LogP) is 11.5. The van der Waals surface area contributed by atoms with Gasteiger partial charge in [0.15, 0.2) is 0 Å². The molecule has 0 aliphatic heterocycles. The molecule has 0 radical (unpaired) electrons. The Kier molecular flexibility index (Phi) is 2.50. The lowest BCUT2D eigenvalue weighted by atomic mass is 9.84. The average molecular weight is 537 g/mol. The Morgan fingerprint density at radius 3 is 1.85 bits per heavy atom. The van der Waals surface area contributed by atoms with Gasteiger partial charge in [-0.1, -0.05) is 127 Å². The van der Waals surface area contributed by atoms with Crippen molar-refractivity contribution in [3.8, 4) is 22.3 Å². The second-order valence-electron chi connectivity index (χ2n) is 9.60. The molecule has 1 aromatic heterocycles. The van der Waals surface area contributed by atoms with Crippen LogP contribution in [0.3, 0.4) is 0 Å². The van der Waals surface area contributed by atoms with Gasteiger partial charge in [0.25, 0.3) is 0 Å². The van der Waals surface area contributed by atoms with Crippen molar-refractivity contribution in [2.75, 3.05) is 0 Å². The second kappa shape index (κ2) is 8.55. The SMILES string of the molecule is [2H]c1c([2H])c(-c2c3ccccc3c(-c3c([2H])c([2H])c4c([2H])c([2H])c([2H])c([2H])c4c3[2H])c3ccccc23)c2c(oc3c4c([2H])c([2H])c([2H])c([2H])c4c([2H])c([2H])c32)c1[2H]. The minimum atomic E-state index is -0.603. The summed E-state index contributed by atoms with van der Waals surface area (Å²) < 4.78 is 147. The molecule has 0 unspecified atom stereocenters. The van der Waals surface area contributed by atoms with Gasteiger partial charge in [-0.15, -0.1) is 0 Å². The van der Waals surface area contributed by atoms with E-state index in [1.54, 1.807) is 48.5 Å². The first-order valence-corrected chi connectivity index (χ1v) is 12.8. The molecule has 0 aliphatic rings. The van der Waals surface area contributed by atoms with E-state index in [4.69, 9.17) is 20.9 Å². The smallest absolute Gasteiger partial charge is 0.143 e. The summed E-state index contributed by atoms with van der Waals surface area (Å²) in [5.74, 6) is 0. The third-order valence-electron chi connectivity index (χ3n) is 7.43. The minimum absolute atomic E-state index is 0.00405. The Morgan fingerprint density at radius 1 is 0.463 bits per heavy atom. The molecule has 0 saturated carbocycles. The molecule has 41 heavy (non-hydrogen) atoms. The van der Waals surface area contributed by atoms with Gasteiger partial charge in [-0.25, -0.2) is 0 Å². The summed E-state index contributed by atoms with van der Waals surface area (Å²) in [5.41, 5.74) is 0.126. The van der Waals surface area contributed by atoms with Crippen LogP contribution in [0.15, 0.2) is 150 Å². The van der Waals surface area contributed by atoms with Crippen LogP contribution < -0.4 is 0 Å². The fourth-order valence-electron chi connectivity index (χ4n) is 5.73. The normalized spacial score (nSPS) is 17.4. The van der Waals surface area contributed by atoms with Gasteiger partial charge >= 0.3 is 0 Å². The predicted molar refractivity (Wildman–Crippen MR) is 175 cm³/mol. The maximum Gasteiger partial charge on any atom is 0.143 e. The first-order valence-electron chi connectivity index (χ1n) is 20.8. The maximum atomic E-state index is 9.40. The third-order valence-corrected chi connectivity index (χ3v) is 7.43. The van der Waals surface area contributed by atoms with Crippen molar-refractivity contribution < 1.29 is 26.3 Å². The molecule has 0 spiro atoms. The molecule has 0 amide bonds. The third kappa shape index (κ3) is 3.24. The summed E-state index contributed by atoms with van der Waals surface area (Å²) in [6.07, 6.45) is 0. The molecule has 0 fully saturated rings. The van der Waals surface area contributed by atoms with Crippen molar-refractivity contribution in [2.24, 2.45) is 0 Å². The molecule has 1 heterocycles. The number of fused-ring (bicyclic) bond motifs is 8. The number of hydrogen-bond donors (Lipinski definition) is 0. The summed E-state index contributed by atoms with van der Waals surface area (Å²) in [7, 11) is 0. The number of benzene rings is 8. The lowest BCUT2D eigenvalue weighted by Crippen LogP contribution is -1.91. The van der Waals surface area contributed by atoms with E-state index in [-0.39, 0.29) is 54.6 Å². The Balaban J connectivity index is 1.53. The van der Waals surface area contributed by atoms with Crippen LogP contribution in [0.5, 0.6) is 0 Å². The van der Waals surface area contributed by atoms with Gasteiger partial charge in [-0.3, -0.25) is 0 Å². The molecule has 1 nitrogen and oxygen atoms in total. The van der Waals surface area contributed by atoms with E-state index in [0.717, 1.165) is 0 Å². The molecule has 9 aromatic rings. The number of rotatable bonds is 2. The lowest BCUT2D eigenvalue weighted by molar-refractivity contribution is 0.673. The monoisotopic (exact) mass is 536 g/mol. The average Bonchev–Trinajstić information content (AvgIpc) is 3.60. The minimum Gasteiger partial charge on any atom is -0.455 e. The Morgan fingerprint density at radius 2 is 1.10 bits per heavy atom. The first-order chi connectivity index (χ1) is 27.0. The molecule has 0 aliphatic carbocycles. The standard InChI is InChI=1S/C40H24O/c1-2-12-27-24-28(21-20-25(27)10-1)37-30-14-5-7-16-32(30)38(33-17-8-6-15-31(33)37)34-18-9-19-36-39(34)35-23-22-26-11-3-4-13-29(26)40(35)41-36/h1-24H/i1D,2D,3D,4D,9D,10D,11D,12D,13D,18D,19D,20D,21D,22D,23D,24D. The molecule has 0 bridgehead atoms. The summed E-state index contributed by atoms with van der Waals surface area (Å²) in [6.45, 7) is 0. The van der Waals surface area contributed by atoms with Crippen molar-refractivity contribution in [3.63, 3.8) is 0 Å². The molecule has 190 valence electrons. The van der Waals surface area contributed by atoms with Gasteiger partial charge in [0, 0.05) is 16.2 Å². The first kappa shape index (κ1) is 12.0. The fraction of sp³-hybridized carbons (Fsp3) is 0. The molecular weight excluding hydrogens is 496 g/mol. The van der Waals surface area contributed by atoms with Crippen molar-refractivity contribution >= 4 is 65.0 Å². The zero-order chi connectivity index (χ0) is 40.8. The van der Waals surface area contributed by atoms with Crippen LogP contribution in [-0.2, 0) is 0 Å². The zero-order valence-electron chi connectivity index (χ0n) is 37.0. The zero-order valence-corrected chi connectivity index (χ0v) is 21.0. The van der Waals surface area contributed by atoms with Crippen LogP contribution in [0, 0.1) is 0 Å². The fourth-order valence-corrected chi connectivity index (χ4v) is 5.73. The molecular formula is C40H24O. The molecule has 1 heteroatoms. The highest BCUT2D eigenvalue weighted by Gasteiger charge is 2.20. The highest BCUT2D eigenvalue weighted by Crippen LogP contribution is 2.47. The van der Waals surface area contributed by atoms with Crippen LogP contribution in [0.2, 0.25) is 0 Å². The summed E-state index contributed by atoms with van der Waals surface area (Å²) in [4.78, 5) is 0. The van der Waals surface area contributed by atoms with Crippen LogP contribution in [0.25, 0.3) is 87.3 Å². The van der Waals surface area contributed by atoms with Gasteiger partial charge in [0.05, 0.1) is 21.9 Å². The van der Waals surface area contributed by atoms with Crippen LogP contribution in [0.4, 0.5) is 0 Å². The number of furan rings is 1. The lowest BCUT2D eigenvalue weighted by Gasteiger charge is -2.18. The van der Waals surface area contributed by atoms with E-state index in [9.17, 15) is 5.48 Å². The maximum absolute atomic E-state index is 9.40. The van der Waals surface area contributed by atoms with Gasteiger partial charge in [-0.2, -0.15) is 0 Å². The Hall–Kier alpha value is -5.40. The van der Waals surface area contributed by atoms with Crippen molar-refractivity contribution in [1.29, 1.82) is 0 Å². The topological polar surface area (TPSA) is 13.1 Å². The molecule has 9 rings (SSSR count). The van der Waals surface area contributed by atoms with E-state index in [2.05, 4.69) is 0 Å². The van der Waals surface area contributed by atoms with Crippen LogP contribution in [-0.4, -0.2) is 0 Å².